The average molecular weight is 347 g/mol. The van der Waals surface area contributed by atoms with E-state index < -0.39 is 11.5 Å². The van der Waals surface area contributed by atoms with Crippen molar-refractivity contribution in [1.82, 2.24) is 10.2 Å². The van der Waals surface area contributed by atoms with Crippen LogP contribution < -0.4 is 15.4 Å². The zero-order chi connectivity index (χ0) is 17.9. The first-order chi connectivity index (χ1) is 12.0. The summed E-state index contributed by atoms with van der Waals surface area (Å²) in [5, 5.41) is 15.5. The predicted octanol–water partition coefficient (Wildman–Crippen LogP) is 0.597. The van der Waals surface area contributed by atoms with E-state index in [0.29, 0.717) is 45.4 Å². The summed E-state index contributed by atoms with van der Waals surface area (Å²) in [6, 6.07) is 7.20. The summed E-state index contributed by atoms with van der Waals surface area (Å²) in [4.78, 5) is 26.5. The smallest absolute Gasteiger partial charge is 0.238 e. The number of β-amino-alcohol motifs (C(OH)–C–C–N with tert-alkyl or cyclic N) is 1. The second-order valence-electron chi connectivity index (χ2n) is 6.90. The van der Waals surface area contributed by atoms with Crippen molar-refractivity contribution in [2.75, 3.05) is 38.6 Å². The van der Waals surface area contributed by atoms with Crippen LogP contribution in [0.4, 0.5) is 5.69 Å². The number of rotatable bonds is 4. The van der Waals surface area contributed by atoms with Crippen LogP contribution >= 0.6 is 0 Å². The molecule has 136 valence electrons. The lowest BCUT2D eigenvalue weighted by atomic mass is 9.71. The molecule has 2 saturated heterocycles. The molecular formula is C18H25N3O4. The van der Waals surface area contributed by atoms with Crippen molar-refractivity contribution in [2.45, 2.75) is 25.4 Å². The lowest BCUT2D eigenvalue weighted by Gasteiger charge is -2.44. The molecule has 0 aliphatic carbocycles. The van der Waals surface area contributed by atoms with Crippen LogP contribution in [0.2, 0.25) is 0 Å². The van der Waals surface area contributed by atoms with Gasteiger partial charge in [-0.2, -0.15) is 0 Å². The van der Waals surface area contributed by atoms with Gasteiger partial charge in [-0.1, -0.05) is 0 Å². The maximum Gasteiger partial charge on any atom is 0.238 e. The maximum absolute atomic E-state index is 12.2. The Labute approximate surface area is 147 Å². The van der Waals surface area contributed by atoms with Gasteiger partial charge in [0.05, 0.1) is 25.2 Å². The Morgan fingerprint density at radius 1 is 1.36 bits per heavy atom. The quantitative estimate of drug-likeness (QED) is 0.742. The molecule has 1 spiro atoms. The van der Waals surface area contributed by atoms with E-state index in [1.165, 1.54) is 0 Å². The third-order valence-electron chi connectivity index (χ3n) is 5.16. The standard InChI is InChI=1S/C18H25N3O4/c1-25-15-4-2-13(3-5-15)20-16(23)12-21-8-6-18(7-9-21)10-14(22)11-19-17(18)24/h2-5,14,22H,6-12H2,1H3,(H,19,24)(H,20,23). The summed E-state index contributed by atoms with van der Waals surface area (Å²) in [5.41, 5.74) is 0.259. The number of anilines is 1. The number of nitrogens with zero attached hydrogens (tertiary/aromatic N) is 1. The van der Waals surface area contributed by atoms with E-state index in [0.717, 1.165) is 11.4 Å². The third-order valence-corrected chi connectivity index (χ3v) is 5.16. The number of hydrogen-bond donors (Lipinski definition) is 3. The van der Waals surface area contributed by atoms with E-state index in [1.807, 2.05) is 0 Å². The molecule has 2 aliphatic rings. The van der Waals surface area contributed by atoms with Gasteiger partial charge < -0.3 is 20.5 Å². The Hall–Kier alpha value is -2.12. The predicted molar refractivity (Wildman–Crippen MR) is 93.4 cm³/mol. The van der Waals surface area contributed by atoms with Crippen molar-refractivity contribution < 1.29 is 19.4 Å². The van der Waals surface area contributed by atoms with Crippen LogP contribution in [0.5, 0.6) is 5.75 Å². The molecule has 7 nitrogen and oxygen atoms in total. The van der Waals surface area contributed by atoms with Crippen LogP contribution in [0, 0.1) is 5.41 Å². The number of aliphatic hydroxyl groups is 1. The number of nitrogens with one attached hydrogen (secondary N) is 2. The molecule has 0 radical (unpaired) electrons. The number of methoxy groups -OCH3 is 1. The summed E-state index contributed by atoms with van der Waals surface area (Å²) in [7, 11) is 1.60. The van der Waals surface area contributed by atoms with Gasteiger partial charge >= 0.3 is 0 Å². The van der Waals surface area contributed by atoms with Crippen molar-refractivity contribution in [1.29, 1.82) is 0 Å². The minimum Gasteiger partial charge on any atom is -0.497 e. The van der Waals surface area contributed by atoms with E-state index in [4.69, 9.17) is 4.74 Å². The van der Waals surface area contributed by atoms with Crippen molar-refractivity contribution in [3.63, 3.8) is 0 Å². The first-order valence-electron chi connectivity index (χ1n) is 8.63. The summed E-state index contributed by atoms with van der Waals surface area (Å²) >= 11 is 0. The van der Waals surface area contributed by atoms with Crippen LogP contribution in [0.25, 0.3) is 0 Å². The van der Waals surface area contributed by atoms with Gasteiger partial charge in [-0.3, -0.25) is 14.5 Å². The molecule has 7 heteroatoms. The summed E-state index contributed by atoms with van der Waals surface area (Å²) in [6.07, 6.45) is 1.39. The Morgan fingerprint density at radius 2 is 2.04 bits per heavy atom. The summed E-state index contributed by atoms with van der Waals surface area (Å²) in [6.45, 7) is 1.99. The number of hydrogen-bond acceptors (Lipinski definition) is 5. The minimum atomic E-state index is -0.472. The fourth-order valence-corrected chi connectivity index (χ4v) is 3.66. The van der Waals surface area contributed by atoms with E-state index in [1.54, 1.807) is 31.4 Å². The Bertz CT molecular complexity index is 624. The van der Waals surface area contributed by atoms with Crippen LogP contribution in [-0.2, 0) is 9.59 Å². The molecule has 1 aromatic carbocycles. The highest BCUT2D eigenvalue weighted by Gasteiger charge is 2.45. The highest BCUT2D eigenvalue weighted by molar-refractivity contribution is 5.92. The fraction of sp³-hybridized carbons (Fsp3) is 0.556. The molecule has 2 fully saturated rings. The SMILES string of the molecule is COc1ccc(NC(=O)CN2CCC3(CC2)CC(O)CNC3=O)cc1. The van der Waals surface area contributed by atoms with Gasteiger partial charge in [-0.15, -0.1) is 0 Å². The number of carbonyl (C=O) groups excluding carboxylic acids is 2. The molecule has 0 bridgehead atoms. The van der Waals surface area contributed by atoms with E-state index in [-0.39, 0.29) is 11.8 Å². The second-order valence-corrected chi connectivity index (χ2v) is 6.90. The Balaban J connectivity index is 1.49. The maximum atomic E-state index is 12.2. The van der Waals surface area contributed by atoms with Gasteiger partial charge in [0.2, 0.25) is 11.8 Å². The van der Waals surface area contributed by atoms with Gasteiger partial charge in [0.15, 0.2) is 0 Å². The number of benzene rings is 1. The second kappa shape index (κ2) is 7.41. The number of aliphatic hydroxyl groups excluding tert-OH is 1. The van der Waals surface area contributed by atoms with E-state index >= 15 is 0 Å². The summed E-state index contributed by atoms with van der Waals surface area (Å²) in [5.74, 6) is 0.710. The highest BCUT2D eigenvalue weighted by Crippen LogP contribution is 2.38. The molecule has 0 aromatic heterocycles. The Kier molecular flexibility index (Phi) is 5.24. The number of carbonyl (C=O) groups is 2. The molecule has 2 aliphatic heterocycles. The summed E-state index contributed by atoms with van der Waals surface area (Å²) < 4.78 is 5.10. The molecule has 1 unspecified atom stereocenters. The van der Waals surface area contributed by atoms with Gasteiger partial charge in [0, 0.05) is 12.2 Å². The lowest BCUT2D eigenvalue weighted by molar-refractivity contribution is -0.141. The third kappa shape index (κ3) is 4.11. The van der Waals surface area contributed by atoms with Crippen molar-refractivity contribution in [3.05, 3.63) is 24.3 Å². The zero-order valence-electron chi connectivity index (χ0n) is 14.5. The highest BCUT2D eigenvalue weighted by atomic mass is 16.5. The number of ether oxygens (including phenoxy) is 1. The lowest BCUT2D eigenvalue weighted by Crippen LogP contribution is -2.56. The molecule has 0 saturated carbocycles. The van der Waals surface area contributed by atoms with Gasteiger partial charge in [-0.25, -0.2) is 0 Å². The normalized spacial score (nSPS) is 23.1. The van der Waals surface area contributed by atoms with Crippen LogP contribution in [0.1, 0.15) is 19.3 Å². The molecule has 25 heavy (non-hydrogen) atoms. The number of amides is 2. The molecule has 1 atom stereocenters. The Morgan fingerprint density at radius 3 is 2.68 bits per heavy atom. The molecule has 3 rings (SSSR count). The van der Waals surface area contributed by atoms with Crippen LogP contribution in [-0.4, -0.2) is 61.2 Å². The first-order valence-corrected chi connectivity index (χ1v) is 8.63. The largest absolute Gasteiger partial charge is 0.497 e. The minimum absolute atomic E-state index is 0.0418. The molecule has 3 N–H and O–H groups in total. The van der Waals surface area contributed by atoms with E-state index in [9.17, 15) is 14.7 Å². The average Bonchev–Trinajstić information content (AvgIpc) is 2.61. The van der Waals surface area contributed by atoms with Crippen LogP contribution in [0.3, 0.4) is 0 Å². The molecule has 1 aromatic rings. The number of likely N-dealkylation sites (tertiary alicyclic amines) is 1. The molecule has 2 amide bonds. The van der Waals surface area contributed by atoms with Crippen LogP contribution in [0.15, 0.2) is 24.3 Å². The number of piperidine rings is 2. The molecular weight excluding hydrogens is 322 g/mol. The topological polar surface area (TPSA) is 90.9 Å². The van der Waals surface area contributed by atoms with Gasteiger partial charge in [0.1, 0.15) is 5.75 Å². The van der Waals surface area contributed by atoms with Crippen molar-refractivity contribution in [2.24, 2.45) is 5.41 Å². The fourth-order valence-electron chi connectivity index (χ4n) is 3.66. The van der Waals surface area contributed by atoms with Crippen molar-refractivity contribution >= 4 is 17.5 Å². The molecule has 2 heterocycles. The van der Waals surface area contributed by atoms with E-state index in [2.05, 4.69) is 15.5 Å². The zero-order valence-corrected chi connectivity index (χ0v) is 14.5. The first kappa shape index (κ1) is 17.7. The van der Waals surface area contributed by atoms with Crippen molar-refractivity contribution in [3.8, 4) is 5.75 Å². The monoisotopic (exact) mass is 347 g/mol. The van der Waals surface area contributed by atoms with Gasteiger partial charge in [0.25, 0.3) is 0 Å². The van der Waals surface area contributed by atoms with Gasteiger partial charge in [-0.05, 0) is 56.6 Å².